The maximum atomic E-state index is 12.9. The van der Waals surface area contributed by atoms with Crippen LogP contribution >= 0.6 is 7.82 Å². The molecule has 3 unspecified atom stereocenters. The van der Waals surface area contributed by atoms with Crippen LogP contribution in [-0.2, 0) is 18.4 Å². The van der Waals surface area contributed by atoms with Gasteiger partial charge in [-0.05, 0) is 57.8 Å². The number of allylic oxidation sites excluding steroid dienone is 7. The van der Waals surface area contributed by atoms with E-state index in [4.69, 9.17) is 9.05 Å². The zero-order valence-electron chi connectivity index (χ0n) is 39.9. The second kappa shape index (κ2) is 42.7. The molecule has 0 bridgehead atoms. The van der Waals surface area contributed by atoms with Gasteiger partial charge in [0.25, 0.3) is 0 Å². The quantitative estimate of drug-likeness (QED) is 0.0244. The van der Waals surface area contributed by atoms with E-state index in [1.165, 1.54) is 135 Å². The van der Waals surface area contributed by atoms with E-state index >= 15 is 0 Å². The summed E-state index contributed by atoms with van der Waals surface area (Å²) in [5, 5.41) is 13.9. The maximum Gasteiger partial charge on any atom is 0.472 e. The van der Waals surface area contributed by atoms with Crippen molar-refractivity contribution in [1.82, 2.24) is 5.32 Å². The normalized spacial score (nSPS) is 14.6. The average molecular weight is 866 g/mol. The number of unbranched alkanes of at least 4 members (excludes halogenated alkanes) is 26. The number of phosphoric ester groups is 1. The van der Waals surface area contributed by atoms with Crippen LogP contribution in [0.25, 0.3) is 0 Å². The lowest BCUT2D eigenvalue weighted by molar-refractivity contribution is -0.870. The molecule has 0 aliphatic rings. The molecule has 60 heavy (non-hydrogen) atoms. The maximum absolute atomic E-state index is 12.9. The molecule has 0 aromatic heterocycles. The van der Waals surface area contributed by atoms with Crippen molar-refractivity contribution in [2.24, 2.45) is 0 Å². The van der Waals surface area contributed by atoms with Gasteiger partial charge < -0.3 is 19.8 Å². The van der Waals surface area contributed by atoms with Crippen LogP contribution in [0, 0.1) is 0 Å². The molecule has 0 spiro atoms. The fourth-order valence-electron chi connectivity index (χ4n) is 7.05. The van der Waals surface area contributed by atoms with Gasteiger partial charge >= 0.3 is 7.82 Å². The SMILES string of the molecule is CCCCCCC/C=C\C/C=C\C/C=C\CCCCCCCCC(=O)NC(COP(=O)(O)OCC[N+](C)(C)C)C(O)/C=C/CCCCCCCCCCCCCCCCC. The van der Waals surface area contributed by atoms with Gasteiger partial charge in [0.1, 0.15) is 13.2 Å². The summed E-state index contributed by atoms with van der Waals surface area (Å²) in [7, 11) is 1.56. The Kier molecular flexibility index (Phi) is 41.6. The lowest BCUT2D eigenvalue weighted by Gasteiger charge is -2.25. The van der Waals surface area contributed by atoms with Crippen molar-refractivity contribution in [3.05, 3.63) is 48.6 Å². The molecule has 0 aliphatic heterocycles. The van der Waals surface area contributed by atoms with Gasteiger partial charge in [0.05, 0.1) is 39.9 Å². The lowest BCUT2D eigenvalue weighted by atomic mass is 10.0. The summed E-state index contributed by atoms with van der Waals surface area (Å²) in [6, 6.07) is -0.854. The minimum Gasteiger partial charge on any atom is -0.387 e. The fraction of sp³-hybridized carbons (Fsp3) is 0.824. The number of aliphatic hydroxyl groups is 1. The molecule has 1 amide bonds. The first-order valence-corrected chi connectivity index (χ1v) is 26.5. The molecule has 0 rings (SSSR count). The van der Waals surface area contributed by atoms with Crippen LogP contribution in [-0.4, -0.2) is 73.4 Å². The fourth-order valence-corrected chi connectivity index (χ4v) is 7.78. The van der Waals surface area contributed by atoms with Crippen LogP contribution < -0.4 is 5.32 Å². The van der Waals surface area contributed by atoms with Gasteiger partial charge in [0, 0.05) is 6.42 Å². The summed E-state index contributed by atoms with van der Waals surface area (Å²) >= 11 is 0. The molecule has 0 aliphatic carbocycles. The molecule has 0 saturated heterocycles. The van der Waals surface area contributed by atoms with E-state index < -0.39 is 20.0 Å². The van der Waals surface area contributed by atoms with Gasteiger partial charge in [0.2, 0.25) is 5.91 Å². The average Bonchev–Trinajstić information content (AvgIpc) is 3.20. The predicted molar refractivity (Wildman–Crippen MR) is 258 cm³/mol. The van der Waals surface area contributed by atoms with Crippen molar-refractivity contribution >= 4 is 13.7 Å². The molecule has 0 heterocycles. The van der Waals surface area contributed by atoms with Crippen molar-refractivity contribution in [2.45, 2.75) is 231 Å². The minimum atomic E-state index is -4.35. The second-order valence-electron chi connectivity index (χ2n) is 18.2. The van der Waals surface area contributed by atoms with Gasteiger partial charge in [-0.25, -0.2) is 4.57 Å². The Bertz CT molecular complexity index is 1120. The highest BCUT2D eigenvalue weighted by atomic mass is 31.2. The molecular weight excluding hydrogens is 768 g/mol. The minimum absolute atomic E-state index is 0.0575. The Labute approximate surface area is 371 Å². The van der Waals surface area contributed by atoms with Gasteiger partial charge in [-0.15, -0.1) is 0 Å². The van der Waals surface area contributed by atoms with Crippen LogP contribution in [0.1, 0.15) is 219 Å². The van der Waals surface area contributed by atoms with E-state index in [0.717, 1.165) is 64.2 Å². The molecule has 0 aromatic carbocycles. The number of quaternary nitrogens is 1. The van der Waals surface area contributed by atoms with E-state index in [1.54, 1.807) is 6.08 Å². The number of rotatable bonds is 45. The summed E-state index contributed by atoms with van der Waals surface area (Å²) in [4.78, 5) is 23.2. The number of hydrogen-bond acceptors (Lipinski definition) is 5. The number of aliphatic hydroxyl groups excluding tert-OH is 1. The Morgan fingerprint density at radius 2 is 0.950 bits per heavy atom. The summed E-state index contributed by atoms with van der Waals surface area (Å²) in [5.74, 6) is -0.190. The van der Waals surface area contributed by atoms with Crippen LogP contribution in [0.15, 0.2) is 48.6 Å². The van der Waals surface area contributed by atoms with Gasteiger partial charge in [-0.3, -0.25) is 13.8 Å². The molecule has 3 atom stereocenters. The van der Waals surface area contributed by atoms with Crippen LogP contribution in [0.4, 0.5) is 0 Å². The van der Waals surface area contributed by atoms with E-state index in [9.17, 15) is 19.4 Å². The number of hydrogen-bond donors (Lipinski definition) is 3. The molecule has 3 N–H and O–H groups in total. The van der Waals surface area contributed by atoms with Gasteiger partial charge in [-0.2, -0.15) is 0 Å². The molecule has 0 fully saturated rings. The highest BCUT2D eigenvalue weighted by Gasteiger charge is 2.27. The largest absolute Gasteiger partial charge is 0.472 e. The Morgan fingerprint density at radius 1 is 0.567 bits per heavy atom. The lowest BCUT2D eigenvalue weighted by Crippen LogP contribution is -2.45. The standard InChI is InChI=1S/C51H97N2O6P/c1-6-8-10-12-14-16-18-20-22-24-25-26-27-29-31-33-35-37-39-41-43-45-51(55)52-49(48-59-60(56,57)58-47-46-53(3,4)5)50(54)44-42-40-38-36-34-32-30-28-23-21-19-17-15-13-11-9-7-2/h18,20,24-25,27,29,42,44,49-50,54H,6-17,19,21-23,26,28,30-41,43,45-48H2,1-5H3,(H-,52,55,56,57)/p+1/b20-18-,25-24-,29-27-,44-42+. The van der Waals surface area contributed by atoms with E-state index in [2.05, 4.69) is 55.6 Å². The third-order valence-electron chi connectivity index (χ3n) is 11.0. The third kappa shape index (κ3) is 44.5. The second-order valence-corrected chi connectivity index (χ2v) is 19.6. The van der Waals surface area contributed by atoms with Crippen molar-refractivity contribution in [3.63, 3.8) is 0 Å². The number of phosphoric acid groups is 1. The number of likely N-dealkylation sites (N-methyl/N-ethyl adjacent to an activating group) is 1. The molecule has 0 radical (unpaired) electrons. The highest BCUT2D eigenvalue weighted by molar-refractivity contribution is 7.47. The van der Waals surface area contributed by atoms with Gasteiger partial charge in [-0.1, -0.05) is 204 Å². The van der Waals surface area contributed by atoms with Crippen molar-refractivity contribution in [2.75, 3.05) is 40.9 Å². The van der Waals surface area contributed by atoms with E-state index in [0.29, 0.717) is 17.4 Å². The van der Waals surface area contributed by atoms with Crippen LogP contribution in [0.2, 0.25) is 0 Å². The number of nitrogens with zero attached hydrogens (tertiary/aromatic N) is 1. The summed E-state index contributed by atoms with van der Waals surface area (Å²) < 4.78 is 23.6. The molecule has 9 heteroatoms. The first kappa shape index (κ1) is 58.5. The van der Waals surface area contributed by atoms with Crippen molar-refractivity contribution in [1.29, 1.82) is 0 Å². The first-order chi connectivity index (χ1) is 29.0. The number of nitrogens with one attached hydrogen (secondary N) is 1. The summed E-state index contributed by atoms with van der Waals surface area (Å²) in [6.07, 6.45) is 54.6. The smallest absolute Gasteiger partial charge is 0.387 e. The van der Waals surface area contributed by atoms with Crippen molar-refractivity contribution < 1.29 is 32.9 Å². The number of carbonyl (C=O) groups excluding carboxylic acids is 1. The zero-order valence-corrected chi connectivity index (χ0v) is 40.8. The Balaban J connectivity index is 4.38. The third-order valence-corrected chi connectivity index (χ3v) is 12.0. The Hall–Kier alpha value is -1.54. The number of carbonyl (C=O) groups is 1. The van der Waals surface area contributed by atoms with E-state index in [1.807, 2.05) is 27.2 Å². The molecule has 0 saturated carbocycles. The van der Waals surface area contributed by atoms with Crippen LogP contribution in [0.5, 0.6) is 0 Å². The van der Waals surface area contributed by atoms with Crippen LogP contribution in [0.3, 0.4) is 0 Å². The number of amides is 1. The van der Waals surface area contributed by atoms with Gasteiger partial charge in [0.15, 0.2) is 0 Å². The topological polar surface area (TPSA) is 105 Å². The zero-order chi connectivity index (χ0) is 44.3. The van der Waals surface area contributed by atoms with Crippen molar-refractivity contribution in [3.8, 4) is 0 Å². The summed E-state index contributed by atoms with van der Waals surface area (Å²) in [6.45, 7) is 4.80. The van der Waals surface area contributed by atoms with E-state index in [-0.39, 0.29) is 19.1 Å². The predicted octanol–water partition coefficient (Wildman–Crippen LogP) is 14.4. The summed E-state index contributed by atoms with van der Waals surface area (Å²) in [5.41, 5.74) is 0. The molecule has 352 valence electrons. The molecule has 0 aromatic rings. The first-order valence-electron chi connectivity index (χ1n) is 25.0. The Morgan fingerprint density at radius 3 is 1.38 bits per heavy atom. The molecule has 8 nitrogen and oxygen atoms in total. The highest BCUT2D eigenvalue weighted by Crippen LogP contribution is 2.43. The molecular formula is C51H98N2O6P+. The monoisotopic (exact) mass is 866 g/mol.